The monoisotopic (exact) mass is 376 g/mol. The van der Waals surface area contributed by atoms with Crippen molar-refractivity contribution >= 4 is 5.91 Å². The van der Waals surface area contributed by atoms with Crippen LogP contribution in [0.1, 0.15) is 16.7 Å². The van der Waals surface area contributed by atoms with Gasteiger partial charge in [0.25, 0.3) is 5.91 Å². The number of aryl methyl sites for hydroxylation is 1. The SMILES string of the molecule is Cc1ccccc1CN(C)C(=O)COc1ccc(OCc2cccnc2)cc1. The Balaban J connectivity index is 1.46. The number of nitrogens with zero attached hydrogens (tertiary/aromatic N) is 2. The molecule has 1 amide bonds. The van der Waals surface area contributed by atoms with Crippen molar-refractivity contribution in [2.45, 2.75) is 20.1 Å². The first-order chi connectivity index (χ1) is 13.6. The van der Waals surface area contributed by atoms with Gasteiger partial charge in [-0.2, -0.15) is 0 Å². The van der Waals surface area contributed by atoms with Crippen molar-refractivity contribution in [3.05, 3.63) is 89.7 Å². The molecule has 0 saturated heterocycles. The quantitative estimate of drug-likeness (QED) is 0.596. The van der Waals surface area contributed by atoms with Crippen LogP contribution in [-0.4, -0.2) is 29.4 Å². The highest BCUT2D eigenvalue weighted by atomic mass is 16.5. The molecular formula is C23H24N2O3. The maximum atomic E-state index is 12.3. The Kier molecular flexibility index (Phi) is 6.63. The molecule has 0 N–H and O–H groups in total. The lowest BCUT2D eigenvalue weighted by Gasteiger charge is -2.18. The van der Waals surface area contributed by atoms with Crippen LogP contribution in [0.5, 0.6) is 11.5 Å². The van der Waals surface area contributed by atoms with Crippen LogP contribution in [0.2, 0.25) is 0 Å². The van der Waals surface area contributed by atoms with Crippen LogP contribution < -0.4 is 9.47 Å². The van der Waals surface area contributed by atoms with Crippen LogP contribution in [0.4, 0.5) is 0 Å². The number of carbonyl (C=O) groups is 1. The second-order valence-corrected chi connectivity index (χ2v) is 6.59. The minimum atomic E-state index is -0.0693. The van der Waals surface area contributed by atoms with E-state index < -0.39 is 0 Å². The van der Waals surface area contributed by atoms with Gasteiger partial charge >= 0.3 is 0 Å². The van der Waals surface area contributed by atoms with Gasteiger partial charge in [-0.1, -0.05) is 30.3 Å². The van der Waals surface area contributed by atoms with Gasteiger partial charge in [-0.15, -0.1) is 0 Å². The largest absolute Gasteiger partial charge is 0.489 e. The van der Waals surface area contributed by atoms with E-state index in [9.17, 15) is 4.79 Å². The molecule has 1 heterocycles. The van der Waals surface area contributed by atoms with Crippen molar-refractivity contribution < 1.29 is 14.3 Å². The normalized spacial score (nSPS) is 10.4. The van der Waals surface area contributed by atoms with E-state index >= 15 is 0 Å². The van der Waals surface area contributed by atoms with Gasteiger partial charge in [0.05, 0.1) is 0 Å². The number of benzene rings is 2. The van der Waals surface area contributed by atoms with Gasteiger partial charge in [0.2, 0.25) is 0 Å². The summed E-state index contributed by atoms with van der Waals surface area (Å²) in [4.78, 5) is 18.1. The molecule has 0 atom stereocenters. The Morgan fingerprint density at radius 2 is 1.68 bits per heavy atom. The Bertz CT molecular complexity index is 895. The van der Waals surface area contributed by atoms with Gasteiger partial charge in [-0.25, -0.2) is 0 Å². The number of likely N-dealkylation sites (N-methyl/N-ethyl adjacent to an activating group) is 1. The van der Waals surface area contributed by atoms with E-state index in [1.165, 1.54) is 5.56 Å². The Morgan fingerprint density at radius 1 is 0.964 bits per heavy atom. The van der Waals surface area contributed by atoms with Gasteiger partial charge in [0.1, 0.15) is 18.1 Å². The van der Waals surface area contributed by atoms with Gasteiger partial charge in [0, 0.05) is 31.5 Å². The molecule has 144 valence electrons. The van der Waals surface area contributed by atoms with E-state index in [4.69, 9.17) is 9.47 Å². The van der Waals surface area contributed by atoms with Crippen molar-refractivity contribution in [3.8, 4) is 11.5 Å². The molecule has 5 heteroatoms. The van der Waals surface area contributed by atoms with E-state index in [0.717, 1.165) is 16.9 Å². The number of carbonyl (C=O) groups excluding carboxylic acids is 1. The number of amides is 1. The lowest BCUT2D eigenvalue weighted by molar-refractivity contribution is -0.132. The van der Waals surface area contributed by atoms with E-state index in [2.05, 4.69) is 4.98 Å². The predicted molar refractivity (Wildman–Crippen MR) is 108 cm³/mol. The van der Waals surface area contributed by atoms with Crippen molar-refractivity contribution in [3.63, 3.8) is 0 Å². The summed E-state index contributed by atoms with van der Waals surface area (Å²) in [5.41, 5.74) is 3.31. The maximum Gasteiger partial charge on any atom is 0.260 e. The topological polar surface area (TPSA) is 51.7 Å². The molecule has 2 aromatic carbocycles. The van der Waals surface area contributed by atoms with E-state index in [1.807, 2.05) is 55.5 Å². The van der Waals surface area contributed by atoms with Crippen LogP contribution in [0.3, 0.4) is 0 Å². The Labute approximate surface area is 165 Å². The molecule has 0 fully saturated rings. The van der Waals surface area contributed by atoms with Gasteiger partial charge in [-0.3, -0.25) is 9.78 Å². The van der Waals surface area contributed by atoms with Gasteiger partial charge in [0.15, 0.2) is 6.61 Å². The zero-order valence-electron chi connectivity index (χ0n) is 16.2. The average Bonchev–Trinajstić information content (AvgIpc) is 2.73. The number of rotatable bonds is 8. The second kappa shape index (κ2) is 9.55. The van der Waals surface area contributed by atoms with E-state index in [0.29, 0.717) is 18.9 Å². The predicted octanol–water partition coefficient (Wildman–Crippen LogP) is 4.01. The highest BCUT2D eigenvalue weighted by Crippen LogP contribution is 2.19. The summed E-state index contributed by atoms with van der Waals surface area (Å²) in [5.74, 6) is 1.30. The van der Waals surface area contributed by atoms with Crippen LogP contribution in [0.15, 0.2) is 73.1 Å². The Morgan fingerprint density at radius 3 is 2.36 bits per heavy atom. The van der Waals surface area contributed by atoms with Crippen LogP contribution in [-0.2, 0) is 17.9 Å². The number of aromatic nitrogens is 1. The molecule has 0 radical (unpaired) electrons. The van der Waals surface area contributed by atoms with Crippen molar-refractivity contribution in [1.82, 2.24) is 9.88 Å². The molecule has 0 aliphatic heterocycles. The first-order valence-corrected chi connectivity index (χ1v) is 9.15. The van der Waals surface area contributed by atoms with Crippen LogP contribution in [0.25, 0.3) is 0 Å². The third-order valence-corrected chi connectivity index (χ3v) is 4.41. The molecule has 0 bridgehead atoms. The highest BCUT2D eigenvalue weighted by molar-refractivity contribution is 5.77. The van der Waals surface area contributed by atoms with E-state index in [1.54, 1.807) is 36.5 Å². The van der Waals surface area contributed by atoms with Crippen LogP contribution in [0, 0.1) is 6.92 Å². The minimum absolute atomic E-state index is 0.00172. The summed E-state index contributed by atoms with van der Waals surface area (Å²) in [6, 6.07) is 19.1. The lowest BCUT2D eigenvalue weighted by atomic mass is 10.1. The fraction of sp³-hybridized carbons (Fsp3) is 0.217. The van der Waals surface area contributed by atoms with Gasteiger partial charge in [-0.05, 0) is 48.4 Å². The molecule has 3 aromatic rings. The molecular weight excluding hydrogens is 352 g/mol. The standard InChI is InChI=1S/C23H24N2O3/c1-18-6-3-4-8-20(18)15-25(2)23(26)17-28-22-11-9-21(10-12-22)27-16-19-7-5-13-24-14-19/h3-14H,15-17H2,1-2H3. The van der Waals surface area contributed by atoms with Crippen molar-refractivity contribution in [2.75, 3.05) is 13.7 Å². The fourth-order valence-electron chi connectivity index (χ4n) is 2.67. The summed E-state index contributed by atoms with van der Waals surface area (Å²) in [6.45, 7) is 3.06. The number of hydrogen-bond acceptors (Lipinski definition) is 4. The third kappa shape index (κ3) is 5.58. The summed E-state index contributed by atoms with van der Waals surface area (Å²) in [7, 11) is 1.79. The maximum absolute atomic E-state index is 12.3. The van der Waals surface area contributed by atoms with Crippen LogP contribution >= 0.6 is 0 Å². The molecule has 3 rings (SSSR count). The smallest absolute Gasteiger partial charge is 0.260 e. The molecule has 0 unspecified atom stereocenters. The first kappa shape index (κ1) is 19.4. The number of ether oxygens (including phenoxy) is 2. The second-order valence-electron chi connectivity index (χ2n) is 6.59. The zero-order chi connectivity index (χ0) is 19.8. The molecule has 0 spiro atoms. The average molecular weight is 376 g/mol. The lowest BCUT2D eigenvalue weighted by Crippen LogP contribution is -2.31. The summed E-state index contributed by atoms with van der Waals surface area (Å²) >= 11 is 0. The highest BCUT2D eigenvalue weighted by Gasteiger charge is 2.11. The van der Waals surface area contributed by atoms with E-state index in [-0.39, 0.29) is 12.5 Å². The first-order valence-electron chi connectivity index (χ1n) is 9.15. The molecule has 5 nitrogen and oxygen atoms in total. The zero-order valence-corrected chi connectivity index (χ0v) is 16.2. The fourth-order valence-corrected chi connectivity index (χ4v) is 2.67. The van der Waals surface area contributed by atoms with Gasteiger partial charge < -0.3 is 14.4 Å². The molecule has 0 saturated carbocycles. The molecule has 1 aromatic heterocycles. The number of hydrogen-bond donors (Lipinski definition) is 0. The summed E-state index contributed by atoms with van der Waals surface area (Å²) in [5, 5.41) is 0. The van der Waals surface area contributed by atoms with Crippen molar-refractivity contribution in [2.24, 2.45) is 0 Å². The molecule has 28 heavy (non-hydrogen) atoms. The summed E-state index contributed by atoms with van der Waals surface area (Å²) < 4.78 is 11.3. The number of pyridine rings is 1. The molecule has 0 aliphatic rings. The third-order valence-electron chi connectivity index (χ3n) is 4.41. The van der Waals surface area contributed by atoms with Crippen molar-refractivity contribution in [1.29, 1.82) is 0 Å². The minimum Gasteiger partial charge on any atom is -0.489 e. The summed E-state index contributed by atoms with van der Waals surface area (Å²) in [6.07, 6.45) is 3.51. The Hall–Kier alpha value is -3.34. The molecule has 0 aliphatic carbocycles.